The molecule has 4 nitrogen and oxygen atoms in total. The molecule has 0 amide bonds. The van der Waals surface area contributed by atoms with Gasteiger partial charge < -0.3 is 9.84 Å². The van der Waals surface area contributed by atoms with Gasteiger partial charge in [-0.3, -0.25) is 0 Å². The number of hydrogen-bond donors (Lipinski definition) is 1. The van der Waals surface area contributed by atoms with Gasteiger partial charge in [0.05, 0.1) is 26.6 Å². The number of methoxy groups -OCH3 is 1. The van der Waals surface area contributed by atoms with Gasteiger partial charge in [-0.15, -0.1) is 0 Å². The summed E-state index contributed by atoms with van der Waals surface area (Å²) in [5, 5.41) is 9.81. The summed E-state index contributed by atoms with van der Waals surface area (Å²) in [6.45, 7) is 0. The van der Waals surface area contributed by atoms with E-state index in [0.717, 1.165) is 9.32 Å². The van der Waals surface area contributed by atoms with E-state index in [1.807, 2.05) is 22.6 Å². The highest BCUT2D eigenvalue weighted by molar-refractivity contribution is 14.1. The number of aromatic nitrogens is 2. The van der Waals surface area contributed by atoms with Gasteiger partial charge in [0, 0.05) is 0 Å². The molecule has 0 spiro atoms. The third kappa shape index (κ3) is 5.84. The molecule has 0 bridgehead atoms. The normalized spacial score (nSPS) is 9.53. The van der Waals surface area contributed by atoms with Gasteiger partial charge in [0.2, 0.25) is 0 Å². The molecular weight excluding hydrogens is 517 g/mol. The van der Waals surface area contributed by atoms with E-state index in [2.05, 4.69) is 32.6 Å². The number of halogens is 4. The zero-order valence-corrected chi connectivity index (χ0v) is 15.4. The van der Waals surface area contributed by atoms with Crippen molar-refractivity contribution in [1.29, 1.82) is 0 Å². The fourth-order valence-corrected chi connectivity index (χ4v) is 2.72. The van der Waals surface area contributed by atoms with Crippen LogP contribution in [0.5, 0.6) is 11.5 Å². The van der Waals surface area contributed by atoms with Crippen LogP contribution in [-0.2, 0) is 0 Å². The molecule has 0 atom stereocenters. The molecule has 0 saturated heterocycles. The van der Waals surface area contributed by atoms with E-state index in [-0.39, 0.29) is 5.75 Å². The summed E-state index contributed by atoms with van der Waals surface area (Å²) < 4.78 is 6.66. The lowest BCUT2D eigenvalue weighted by Gasteiger charge is -2.00. The maximum Gasteiger partial charge on any atom is 0.150 e. The van der Waals surface area contributed by atoms with Crippen LogP contribution in [0.2, 0.25) is 10.3 Å². The smallest absolute Gasteiger partial charge is 0.150 e. The topological polar surface area (TPSA) is 55.2 Å². The molecule has 0 aromatic carbocycles. The minimum absolute atomic E-state index is 0.167. The summed E-state index contributed by atoms with van der Waals surface area (Å²) in [7, 11) is 1.60. The SMILES string of the molecule is COc1cnc(Cl)cc1I.Oc1cnc(Cl)cc1I. The standard InChI is InChI=1S/C6H5ClINO.C5H3ClINO/c1-10-5-3-9-6(7)2-4(5)8;6-5-1-3(7)4(9)2-8-5/h2-3H,1H3;1-2,9H. The van der Waals surface area contributed by atoms with Gasteiger partial charge in [0.1, 0.15) is 16.1 Å². The van der Waals surface area contributed by atoms with Crippen molar-refractivity contribution < 1.29 is 9.84 Å². The van der Waals surface area contributed by atoms with E-state index in [1.54, 1.807) is 25.4 Å². The fourth-order valence-electron chi connectivity index (χ4n) is 0.945. The van der Waals surface area contributed by atoms with Crippen LogP contribution in [0, 0.1) is 7.14 Å². The molecule has 1 N–H and O–H groups in total. The molecule has 102 valence electrons. The Labute approximate surface area is 147 Å². The predicted octanol–water partition coefficient (Wildman–Crippen LogP) is 4.39. The largest absolute Gasteiger partial charge is 0.505 e. The molecule has 0 aliphatic carbocycles. The summed E-state index contributed by atoms with van der Waals surface area (Å²) >= 11 is 15.2. The minimum Gasteiger partial charge on any atom is -0.505 e. The first-order chi connectivity index (χ1) is 8.93. The third-order valence-corrected chi connectivity index (χ3v) is 3.93. The molecule has 0 fully saturated rings. The molecule has 0 saturated carbocycles. The summed E-state index contributed by atoms with van der Waals surface area (Å²) in [6, 6.07) is 3.35. The monoisotopic (exact) mass is 524 g/mol. The zero-order chi connectivity index (χ0) is 14.4. The summed E-state index contributed by atoms with van der Waals surface area (Å²) in [5.41, 5.74) is 0. The van der Waals surface area contributed by atoms with Crippen molar-refractivity contribution in [3.05, 3.63) is 42.0 Å². The Bertz CT molecular complexity index is 570. The Morgan fingerprint density at radius 2 is 1.58 bits per heavy atom. The van der Waals surface area contributed by atoms with Crippen LogP contribution < -0.4 is 4.74 Å². The van der Waals surface area contributed by atoms with Crippen molar-refractivity contribution in [2.24, 2.45) is 0 Å². The molecule has 2 rings (SSSR count). The Kier molecular flexibility index (Phi) is 7.40. The van der Waals surface area contributed by atoms with Gasteiger partial charge in [-0.25, -0.2) is 9.97 Å². The van der Waals surface area contributed by atoms with E-state index >= 15 is 0 Å². The Morgan fingerprint density at radius 1 is 1.05 bits per heavy atom. The highest BCUT2D eigenvalue weighted by Gasteiger charge is 1.99. The average Bonchev–Trinajstić information content (AvgIpc) is 2.35. The molecule has 2 aromatic rings. The molecule has 0 aliphatic rings. The summed E-state index contributed by atoms with van der Waals surface area (Å²) in [6.07, 6.45) is 2.92. The van der Waals surface area contributed by atoms with Gasteiger partial charge in [0.25, 0.3) is 0 Å². The van der Waals surface area contributed by atoms with E-state index in [1.165, 1.54) is 6.20 Å². The van der Waals surface area contributed by atoms with Crippen molar-refractivity contribution in [1.82, 2.24) is 9.97 Å². The predicted molar refractivity (Wildman–Crippen MR) is 92.1 cm³/mol. The summed E-state index contributed by atoms with van der Waals surface area (Å²) in [5.74, 6) is 0.921. The highest BCUT2D eigenvalue weighted by Crippen LogP contribution is 2.21. The maximum absolute atomic E-state index is 8.92. The summed E-state index contributed by atoms with van der Waals surface area (Å²) in [4.78, 5) is 7.50. The number of nitrogens with zero attached hydrogens (tertiary/aromatic N) is 2. The van der Waals surface area contributed by atoms with E-state index in [9.17, 15) is 0 Å². The van der Waals surface area contributed by atoms with Crippen LogP contribution in [-0.4, -0.2) is 22.2 Å². The van der Waals surface area contributed by atoms with Crippen LogP contribution >= 0.6 is 68.4 Å². The van der Waals surface area contributed by atoms with Gasteiger partial charge in [0.15, 0.2) is 5.75 Å². The number of hydrogen-bond acceptors (Lipinski definition) is 4. The lowest BCUT2D eigenvalue weighted by Crippen LogP contribution is -1.87. The molecule has 2 aromatic heterocycles. The van der Waals surface area contributed by atoms with Crippen LogP contribution in [0.4, 0.5) is 0 Å². The molecule has 0 radical (unpaired) electrons. The first-order valence-electron chi connectivity index (χ1n) is 4.79. The number of ether oxygens (including phenoxy) is 1. The molecule has 2 heterocycles. The highest BCUT2D eigenvalue weighted by atomic mass is 127. The number of pyridine rings is 2. The van der Waals surface area contributed by atoms with E-state index < -0.39 is 0 Å². The van der Waals surface area contributed by atoms with Crippen LogP contribution in [0.25, 0.3) is 0 Å². The Hall–Kier alpha value is -0.0600. The second-order valence-electron chi connectivity index (χ2n) is 3.10. The number of aromatic hydroxyl groups is 1. The quantitative estimate of drug-likeness (QED) is 0.444. The van der Waals surface area contributed by atoms with Crippen molar-refractivity contribution in [2.75, 3.05) is 7.11 Å². The van der Waals surface area contributed by atoms with E-state index in [0.29, 0.717) is 13.9 Å². The van der Waals surface area contributed by atoms with Gasteiger partial charge in [-0.05, 0) is 57.3 Å². The van der Waals surface area contributed by atoms with Gasteiger partial charge in [-0.1, -0.05) is 23.2 Å². The Balaban J connectivity index is 0.000000191. The lowest BCUT2D eigenvalue weighted by atomic mass is 10.5. The van der Waals surface area contributed by atoms with Crippen molar-refractivity contribution >= 4 is 68.4 Å². The second kappa shape index (κ2) is 8.28. The molecule has 0 unspecified atom stereocenters. The van der Waals surface area contributed by atoms with Crippen LogP contribution in [0.3, 0.4) is 0 Å². The van der Waals surface area contributed by atoms with Crippen molar-refractivity contribution in [3.63, 3.8) is 0 Å². The third-order valence-electron chi connectivity index (χ3n) is 1.81. The van der Waals surface area contributed by atoms with Crippen LogP contribution in [0.15, 0.2) is 24.5 Å². The van der Waals surface area contributed by atoms with Gasteiger partial charge in [-0.2, -0.15) is 0 Å². The molecule has 0 aliphatic heterocycles. The Morgan fingerprint density at radius 3 is 2.00 bits per heavy atom. The molecular formula is C11H8Cl2I2N2O2. The zero-order valence-electron chi connectivity index (χ0n) is 9.57. The first kappa shape index (κ1) is 17.0. The fraction of sp³-hybridized carbons (Fsp3) is 0.0909. The minimum atomic E-state index is 0.167. The molecule has 19 heavy (non-hydrogen) atoms. The van der Waals surface area contributed by atoms with Crippen molar-refractivity contribution in [3.8, 4) is 11.5 Å². The van der Waals surface area contributed by atoms with E-state index in [4.69, 9.17) is 33.0 Å². The van der Waals surface area contributed by atoms with Crippen LogP contribution in [0.1, 0.15) is 0 Å². The maximum atomic E-state index is 8.92. The van der Waals surface area contributed by atoms with Crippen molar-refractivity contribution in [2.45, 2.75) is 0 Å². The molecule has 8 heteroatoms. The lowest BCUT2D eigenvalue weighted by molar-refractivity contribution is 0.410. The average molecular weight is 525 g/mol. The first-order valence-corrected chi connectivity index (χ1v) is 7.70. The second-order valence-corrected chi connectivity index (χ2v) is 6.20. The number of rotatable bonds is 1. The van der Waals surface area contributed by atoms with Gasteiger partial charge >= 0.3 is 0 Å².